The zero-order chi connectivity index (χ0) is 28.5. The predicted molar refractivity (Wildman–Crippen MR) is 153 cm³/mol. The number of carboxylic acid groups (broad SMARTS) is 1. The van der Waals surface area contributed by atoms with Crippen LogP contribution in [0.15, 0.2) is 90.2 Å². The third-order valence-corrected chi connectivity index (χ3v) is 7.98. The van der Waals surface area contributed by atoms with Crippen molar-refractivity contribution in [1.29, 1.82) is 0 Å². The minimum Gasteiger partial charge on any atom is -0.480 e. The Morgan fingerprint density at radius 3 is 2.48 bits per heavy atom. The SMILES string of the molecule is O=C(CNCCc1cnc[nH]1)Nc1cccc(-c2ccc(CC(NS(=O)(=O)c3ccccc3Cl)C(=O)O)cc2)c1. The average molecular weight is 582 g/mol. The summed E-state index contributed by atoms with van der Waals surface area (Å²) in [6.45, 7) is 0.796. The van der Waals surface area contributed by atoms with Crippen LogP contribution in [0.5, 0.6) is 0 Å². The maximum absolute atomic E-state index is 12.7. The summed E-state index contributed by atoms with van der Waals surface area (Å²) in [6, 6.07) is 18.9. The van der Waals surface area contributed by atoms with Crippen molar-refractivity contribution in [2.24, 2.45) is 0 Å². The van der Waals surface area contributed by atoms with Gasteiger partial charge in [-0.1, -0.05) is 60.1 Å². The smallest absolute Gasteiger partial charge is 0.322 e. The molecule has 4 aromatic rings. The van der Waals surface area contributed by atoms with Crippen LogP contribution in [-0.4, -0.2) is 54.5 Å². The molecule has 40 heavy (non-hydrogen) atoms. The number of hydrogen-bond acceptors (Lipinski definition) is 6. The Labute approximate surface area is 236 Å². The molecule has 0 spiro atoms. The fourth-order valence-electron chi connectivity index (χ4n) is 3.99. The summed E-state index contributed by atoms with van der Waals surface area (Å²) < 4.78 is 27.7. The molecular formula is C28H28ClN5O5S. The van der Waals surface area contributed by atoms with Gasteiger partial charge in [-0.2, -0.15) is 4.72 Å². The van der Waals surface area contributed by atoms with Gasteiger partial charge in [-0.3, -0.25) is 9.59 Å². The number of aromatic amines is 1. The van der Waals surface area contributed by atoms with Crippen molar-refractivity contribution in [3.63, 3.8) is 0 Å². The molecule has 1 heterocycles. The Morgan fingerprint density at radius 1 is 1.00 bits per heavy atom. The molecular weight excluding hydrogens is 554 g/mol. The van der Waals surface area contributed by atoms with Gasteiger partial charge in [0.05, 0.1) is 17.9 Å². The van der Waals surface area contributed by atoms with Crippen LogP contribution < -0.4 is 15.4 Å². The number of aromatic nitrogens is 2. The minimum atomic E-state index is -4.14. The molecule has 1 aromatic heterocycles. The zero-order valence-electron chi connectivity index (χ0n) is 21.3. The first-order valence-corrected chi connectivity index (χ1v) is 14.2. The van der Waals surface area contributed by atoms with Gasteiger partial charge < -0.3 is 20.7 Å². The van der Waals surface area contributed by atoms with Gasteiger partial charge in [0.15, 0.2) is 0 Å². The van der Waals surface area contributed by atoms with Crippen LogP contribution in [0, 0.1) is 0 Å². The van der Waals surface area contributed by atoms with Gasteiger partial charge in [0.2, 0.25) is 15.9 Å². The molecule has 0 bridgehead atoms. The number of carbonyl (C=O) groups excluding carboxylic acids is 1. The van der Waals surface area contributed by atoms with E-state index in [0.29, 0.717) is 17.8 Å². The number of nitrogens with one attached hydrogen (secondary N) is 4. The number of anilines is 1. The van der Waals surface area contributed by atoms with E-state index in [1.165, 1.54) is 18.2 Å². The summed E-state index contributed by atoms with van der Waals surface area (Å²) in [5.74, 6) is -1.48. The number of carboxylic acids is 1. The van der Waals surface area contributed by atoms with E-state index < -0.39 is 22.0 Å². The van der Waals surface area contributed by atoms with Crippen LogP contribution in [-0.2, 0) is 32.5 Å². The fourth-order valence-corrected chi connectivity index (χ4v) is 5.70. The van der Waals surface area contributed by atoms with Gasteiger partial charge in [0, 0.05) is 30.5 Å². The average Bonchev–Trinajstić information content (AvgIpc) is 3.45. The van der Waals surface area contributed by atoms with Gasteiger partial charge in [-0.25, -0.2) is 13.4 Å². The van der Waals surface area contributed by atoms with Crippen molar-refractivity contribution in [2.75, 3.05) is 18.4 Å². The largest absolute Gasteiger partial charge is 0.480 e. The molecule has 0 radical (unpaired) electrons. The maximum atomic E-state index is 12.7. The lowest BCUT2D eigenvalue weighted by Gasteiger charge is -2.16. The van der Waals surface area contributed by atoms with Crippen LogP contribution in [0.1, 0.15) is 11.3 Å². The lowest BCUT2D eigenvalue weighted by molar-refractivity contribution is -0.138. The maximum Gasteiger partial charge on any atom is 0.322 e. The van der Waals surface area contributed by atoms with Crippen molar-refractivity contribution >= 4 is 39.2 Å². The molecule has 1 amide bonds. The van der Waals surface area contributed by atoms with E-state index in [0.717, 1.165) is 23.2 Å². The van der Waals surface area contributed by atoms with E-state index in [1.54, 1.807) is 36.8 Å². The second-order valence-corrected chi connectivity index (χ2v) is 11.1. The van der Waals surface area contributed by atoms with Crippen molar-refractivity contribution in [3.8, 4) is 11.1 Å². The van der Waals surface area contributed by atoms with Crippen LogP contribution in [0.4, 0.5) is 5.69 Å². The third-order valence-electron chi connectivity index (χ3n) is 6.01. The number of H-pyrrole nitrogens is 1. The molecule has 5 N–H and O–H groups in total. The van der Waals surface area contributed by atoms with E-state index in [-0.39, 0.29) is 28.8 Å². The minimum absolute atomic E-state index is 0.00320. The van der Waals surface area contributed by atoms with Gasteiger partial charge in [0.1, 0.15) is 10.9 Å². The third kappa shape index (κ3) is 7.99. The summed E-state index contributed by atoms with van der Waals surface area (Å²) in [5.41, 5.74) is 3.96. The highest BCUT2D eigenvalue weighted by molar-refractivity contribution is 7.89. The number of rotatable bonds is 13. The van der Waals surface area contributed by atoms with Crippen LogP contribution in [0.2, 0.25) is 5.02 Å². The molecule has 208 valence electrons. The van der Waals surface area contributed by atoms with Gasteiger partial charge in [-0.05, 0) is 47.4 Å². The number of aliphatic carboxylic acids is 1. The van der Waals surface area contributed by atoms with Crippen LogP contribution in [0.3, 0.4) is 0 Å². The van der Waals surface area contributed by atoms with E-state index in [4.69, 9.17) is 11.6 Å². The Hall–Kier alpha value is -4.03. The van der Waals surface area contributed by atoms with Gasteiger partial charge in [0.25, 0.3) is 0 Å². The number of imidazole rings is 1. The van der Waals surface area contributed by atoms with Gasteiger partial charge in [-0.15, -0.1) is 0 Å². The Morgan fingerprint density at radius 2 is 1.77 bits per heavy atom. The molecule has 10 nitrogen and oxygen atoms in total. The van der Waals surface area contributed by atoms with Crippen LogP contribution >= 0.6 is 11.6 Å². The molecule has 4 rings (SSSR count). The quantitative estimate of drug-likeness (QED) is 0.151. The highest BCUT2D eigenvalue weighted by atomic mass is 35.5. The number of halogens is 1. The van der Waals surface area contributed by atoms with Crippen LogP contribution in [0.25, 0.3) is 11.1 Å². The number of amides is 1. The monoisotopic (exact) mass is 581 g/mol. The molecule has 1 atom stereocenters. The lowest BCUT2D eigenvalue weighted by Crippen LogP contribution is -2.42. The topological polar surface area (TPSA) is 153 Å². The Kier molecular flexibility index (Phi) is 9.67. The fraction of sp³-hybridized carbons (Fsp3) is 0.179. The number of sulfonamides is 1. The molecule has 0 aliphatic rings. The summed E-state index contributed by atoms with van der Waals surface area (Å²) in [7, 11) is -4.14. The Balaban J connectivity index is 1.35. The Bertz CT molecular complexity index is 1560. The summed E-state index contributed by atoms with van der Waals surface area (Å²) in [6.07, 6.45) is 4.03. The number of hydrogen-bond donors (Lipinski definition) is 5. The van der Waals surface area contributed by atoms with Crippen molar-refractivity contribution in [3.05, 3.63) is 102 Å². The van der Waals surface area contributed by atoms with E-state index in [9.17, 15) is 23.1 Å². The molecule has 0 aliphatic carbocycles. The van der Waals surface area contributed by atoms with Crippen molar-refractivity contribution in [2.45, 2.75) is 23.8 Å². The lowest BCUT2D eigenvalue weighted by atomic mass is 10.0. The molecule has 0 saturated heterocycles. The van der Waals surface area contributed by atoms with E-state index in [2.05, 4.69) is 25.3 Å². The zero-order valence-corrected chi connectivity index (χ0v) is 22.9. The second-order valence-electron chi connectivity index (χ2n) is 8.98. The molecule has 1 unspecified atom stereocenters. The molecule has 0 saturated carbocycles. The highest BCUT2D eigenvalue weighted by Gasteiger charge is 2.27. The molecule has 12 heteroatoms. The predicted octanol–water partition coefficient (Wildman–Crippen LogP) is 3.48. The van der Waals surface area contributed by atoms with Crippen molar-refractivity contribution in [1.82, 2.24) is 20.0 Å². The number of benzene rings is 3. The van der Waals surface area contributed by atoms with Gasteiger partial charge >= 0.3 is 5.97 Å². The highest BCUT2D eigenvalue weighted by Crippen LogP contribution is 2.24. The standard InChI is InChI=1S/C28H28ClN5O5S/c29-24-6-1-2-7-26(24)40(38,39)34-25(28(36)37)14-19-8-10-20(11-9-19)21-4-3-5-22(15-21)33-27(35)17-30-13-12-23-16-31-18-32-23/h1-11,15-16,18,25,30,34H,12-14,17H2,(H,31,32)(H,33,35)(H,36,37). The van der Waals surface area contributed by atoms with Crippen molar-refractivity contribution < 1.29 is 23.1 Å². The first-order valence-electron chi connectivity index (χ1n) is 12.4. The summed E-state index contributed by atoms with van der Waals surface area (Å²) in [4.78, 5) is 31.0. The first-order chi connectivity index (χ1) is 19.2. The first kappa shape index (κ1) is 29.0. The number of carbonyl (C=O) groups is 2. The van der Waals surface area contributed by atoms with E-state index in [1.807, 2.05) is 30.3 Å². The second kappa shape index (κ2) is 13.4. The summed E-state index contributed by atoms with van der Waals surface area (Å²) in [5, 5.41) is 15.6. The molecule has 0 fully saturated rings. The normalized spacial score (nSPS) is 12.1. The summed E-state index contributed by atoms with van der Waals surface area (Å²) >= 11 is 6.00. The van der Waals surface area contributed by atoms with E-state index >= 15 is 0 Å². The molecule has 0 aliphatic heterocycles. The number of nitrogens with zero attached hydrogens (tertiary/aromatic N) is 1. The molecule has 3 aromatic carbocycles.